The van der Waals surface area contributed by atoms with E-state index in [4.69, 9.17) is 39.3 Å². The lowest BCUT2D eigenvalue weighted by atomic mass is 9.93. The van der Waals surface area contributed by atoms with Crippen molar-refractivity contribution in [2.24, 2.45) is 5.73 Å². The Labute approximate surface area is 348 Å². The number of benzene rings is 3. The molecule has 0 bridgehead atoms. The van der Waals surface area contributed by atoms with Crippen LogP contribution in [0, 0.1) is 5.41 Å². The Morgan fingerprint density at radius 3 is 2.10 bits per heavy atom. The summed E-state index contributed by atoms with van der Waals surface area (Å²) in [6.45, 7) is 0.410. The van der Waals surface area contributed by atoms with E-state index in [0.717, 1.165) is 78.8 Å². The standard InChI is InChI=1S/C41H57ClN10O7/c42-36-38(45)51-37(44)33(50-36)40(59)52-41(46)48-20-8-6-10-25-15-16-26(29-12-5-4-11-28(25)29)21-30(43)39(58)49-27-17-13-24(14-18-27)9-3-1-2-7-19-47-22-31(54)34(56)35(57)32(55)23-53/h4-5,11-18,30-32,34-35,47,53-57H,1-3,6-10,19-23,43H2,(H,49,58)(H4,44,45,51)(H3,46,48,52,59)/t30?,31-,32+,34+,35+/m0/s1. The molecule has 0 aliphatic carbocycles. The van der Waals surface area contributed by atoms with Crippen molar-refractivity contribution in [3.05, 3.63) is 88.2 Å². The lowest BCUT2D eigenvalue weighted by molar-refractivity contribution is -0.117. The Kier molecular flexibility index (Phi) is 18.7. The molecule has 16 N–H and O–H groups in total. The summed E-state index contributed by atoms with van der Waals surface area (Å²) in [6.07, 6.45) is 1.40. The number of carbonyl (C=O) groups is 2. The highest BCUT2D eigenvalue weighted by atomic mass is 35.5. The van der Waals surface area contributed by atoms with Gasteiger partial charge in [-0.05, 0) is 91.1 Å². The molecule has 0 fully saturated rings. The number of anilines is 3. The van der Waals surface area contributed by atoms with Crippen LogP contribution in [0.2, 0.25) is 5.15 Å². The molecule has 0 spiro atoms. The zero-order chi connectivity index (χ0) is 42.9. The van der Waals surface area contributed by atoms with Gasteiger partial charge >= 0.3 is 0 Å². The second kappa shape index (κ2) is 23.6. The second-order valence-electron chi connectivity index (χ2n) is 14.4. The van der Waals surface area contributed by atoms with Gasteiger partial charge in [0.05, 0.1) is 18.8 Å². The molecule has 0 saturated heterocycles. The number of nitrogens with two attached hydrogens (primary N) is 3. The topological polar surface area (TPSA) is 311 Å². The number of aryl methyl sites for hydroxylation is 2. The number of aromatic nitrogens is 2. The number of hydrogen-bond acceptors (Lipinski definition) is 14. The van der Waals surface area contributed by atoms with Crippen LogP contribution in [0.1, 0.15) is 65.7 Å². The zero-order valence-electron chi connectivity index (χ0n) is 32.9. The zero-order valence-corrected chi connectivity index (χ0v) is 33.7. The van der Waals surface area contributed by atoms with Crippen LogP contribution in [0.15, 0.2) is 60.7 Å². The van der Waals surface area contributed by atoms with Crippen LogP contribution < -0.4 is 38.5 Å². The Balaban J connectivity index is 1.14. The summed E-state index contributed by atoms with van der Waals surface area (Å²) in [6, 6.07) is 19.1. The number of rotatable bonds is 23. The number of unbranched alkanes of at least 4 members (excludes halogenated alkanes) is 4. The van der Waals surface area contributed by atoms with Gasteiger partial charge in [0.15, 0.2) is 28.4 Å². The maximum atomic E-state index is 13.1. The first-order valence-electron chi connectivity index (χ1n) is 19.7. The molecule has 1 unspecified atom stereocenters. The van der Waals surface area contributed by atoms with Crippen molar-refractivity contribution >= 4 is 57.5 Å². The molecule has 3 aromatic carbocycles. The average molecular weight is 837 g/mol. The minimum atomic E-state index is -1.63. The first-order chi connectivity index (χ1) is 28.3. The molecule has 4 rings (SSSR count). The molecule has 1 heterocycles. The number of nitrogens with zero attached hydrogens (tertiary/aromatic N) is 2. The highest BCUT2D eigenvalue weighted by molar-refractivity contribution is 6.31. The van der Waals surface area contributed by atoms with E-state index < -0.39 is 43.0 Å². The van der Waals surface area contributed by atoms with Crippen LogP contribution in [0.4, 0.5) is 17.3 Å². The molecular weight excluding hydrogens is 780 g/mol. The number of carbonyl (C=O) groups excluding carboxylic acids is 2. The number of nitrogen functional groups attached to an aromatic ring is 2. The maximum Gasteiger partial charge on any atom is 0.280 e. The van der Waals surface area contributed by atoms with Gasteiger partial charge < -0.3 is 58.7 Å². The Bertz CT molecular complexity index is 1990. The molecule has 59 heavy (non-hydrogen) atoms. The van der Waals surface area contributed by atoms with Crippen LogP contribution >= 0.6 is 11.6 Å². The van der Waals surface area contributed by atoms with Crippen molar-refractivity contribution in [1.29, 1.82) is 5.41 Å². The van der Waals surface area contributed by atoms with Gasteiger partial charge in [-0.1, -0.05) is 73.0 Å². The van der Waals surface area contributed by atoms with Crippen molar-refractivity contribution in [2.45, 2.75) is 88.2 Å². The number of hydrogen-bond donors (Lipinski definition) is 13. The molecule has 0 saturated carbocycles. The number of fused-ring (bicyclic) bond motifs is 1. The molecule has 4 aromatic rings. The van der Waals surface area contributed by atoms with Gasteiger partial charge in [-0.2, -0.15) is 0 Å². The van der Waals surface area contributed by atoms with Gasteiger partial charge in [0.1, 0.15) is 18.3 Å². The SMILES string of the molecule is N=C(NCCCCc1ccc(CC(N)C(=O)Nc2ccc(CCCCCCNC[C@H](O)[C@@H](O)[C@H](O)[C@H](O)CO)cc2)c2ccccc12)NC(=O)c1nc(Cl)c(N)nc1N. The minimum absolute atomic E-state index is 0.0514. The average Bonchev–Trinajstić information content (AvgIpc) is 3.23. The third-order valence-electron chi connectivity index (χ3n) is 9.88. The van der Waals surface area contributed by atoms with Gasteiger partial charge in [-0.15, -0.1) is 0 Å². The van der Waals surface area contributed by atoms with E-state index in [-0.39, 0.29) is 40.9 Å². The monoisotopic (exact) mass is 836 g/mol. The molecule has 0 aliphatic heterocycles. The summed E-state index contributed by atoms with van der Waals surface area (Å²) in [5.41, 5.74) is 21.4. The fourth-order valence-electron chi connectivity index (χ4n) is 6.49. The predicted molar refractivity (Wildman–Crippen MR) is 229 cm³/mol. The summed E-state index contributed by atoms with van der Waals surface area (Å²) >= 11 is 5.85. The molecule has 2 amide bonds. The number of aliphatic hydroxyl groups excluding tert-OH is 5. The predicted octanol–water partition coefficient (Wildman–Crippen LogP) is 1.36. The molecule has 18 heteroatoms. The third kappa shape index (κ3) is 14.4. The van der Waals surface area contributed by atoms with Gasteiger partial charge in [0.2, 0.25) is 5.91 Å². The quantitative estimate of drug-likeness (QED) is 0.0285. The number of aliphatic hydroxyl groups is 5. The lowest BCUT2D eigenvalue weighted by Crippen LogP contribution is -2.49. The highest BCUT2D eigenvalue weighted by Gasteiger charge is 2.29. The van der Waals surface area contributed by atoms with E-state index in [9.17, 15) is 30.0 Å². The fraction of sp³-hybridized carbons (Fsp3) is 0.439. The van der Waals surface area contributed by atoms with E-state index in [0.29, 0.717) is 25.2 Å². The van der Waals surface area contributed by atoms with Crippen molar-refractivity contribution in [3.8, 4) is 0 Å². The van der Waals surface area contributed by atoms with Crippen molar-refractivity contribution in [3.63, 3.8) is 0 Å². The first-order valence-corrected chi connectivity index (χ1v) is 20.1. The van der Waals surface area contributed by atoms with E-state index >= 15 is 0 Å². The largest absolute Gasteiger partial charge is 0.394 e. The summed E-state index contributed by atoms with van der Waals surface area (Å²) in [7, 11) is 0. The van der Waals surface area contributed by atoms with E-state index in [1.807, 2.05) is 48.5 Å². The molecule has 1 aromatic heterocycles. The number of nitrogens with one attached hydrogen (secondary N) is 5. The molecule has 0 aliphatic rings. The van der Waals surface area contributed by atoms with Crippen LogP contribution in [-0.2, 0) is 24.1 Å². The van der Waals surface area contributed by atoms with E-state index in [1.165, 1.54) is 0 Å². The van der Waals surface area contributed by atoms with Crippen molar-refractivity contribution in [1.82, 2.24) is 25.9 Å². The van der Waals surface area contributed by atoms with Crippen LogP contribution in [-0.4, -0.2) is 110 Å². The fourth-order valence-corrected chi connectivity index (χ4v) is 6.61. The van der Waals surface area contributed by atoms with Crippen LogP contribution in [0.5, 0.6) is 0 Å². The smallest absolute Gasteiger partial charge is 0.280 e. The maximum absolute atomic E-state index is 13.1. The Hall–Kier alpha value is -4.98. The molecular formula is C41H57ClN10O7. The van der Waals surface area contributed by atoms with Crippen molar-refractivity contribution in [2.75, 3.05) is 43.0 Å². The van der Waals surface area contributed by atoms with Gasteiger partial charge in [0, 0.05) is 18.8 Å². The van der Waals surface area contributed by atoms with Crippen LogP contribution in [0.25, 0.3) is 10.8 Å². The summed E-state index contributed by atoms with van der Waals surface area (Å²) in [5, 5.41) is 69.1. The number of guanidine groups is 1. The molecule has 320 valence electrons. The Morgan fingerprint density at radius 1 is 0.763 bits per heavy atom. The van der Waals surface area contributed by atoms with Gasteiger partial charge in [-0.25, -0.2) is 9.97 Å². The highest BCUT2D eigenvalue weighted by Crippen LogP contribution is 2.26. The number of halogens is 1. The molecule has 5 atom stereocenters. The summed E-state index contributed by atoms with van der Waals surface area (Å²) in [5.74, 6) is -1.49. The first kappa shape index (κ1) is 46.7. The summed E-state index contributed by atoms with van der Waals surface area (Å²) in [4.78, 5) is 33.2. The lowest BCUT2D eigenvalue weighted by Gasteiger charge is -2.25. The van der Waals surface area contributed by atoms with E-state index in [1.54, 1.807) is 0 Å². The summed E-state index contributed by atoms with van der Waals surface area (Å²) < 4.78 is 0. The number of amides is 2. The van der Waals surface area contributed by atoms with Gasteiger partial charge in [-0.3, -0.25) is 20.3 Å². The Morgan fingerprint density at radius 2 is 1.39 bits per heavy atom. The molecule has 0 radical (unpaired) electrons. The normalized spacial score (nSPS) is 13.9. The van der Waals surface area contributed by atoms with Crippen LogP contribution in [0.3, 0.4) is 0 Å². The van der Waals surface area contributed by atoms with Gasteiger partial charge in [0.25, 0.3) is 5.91 Å². The van der Waals surface area contributed by atoms with E-state index in [2.05, 4.69) is 43.4 Å². The minimum Gasteiger partial charge on any atom is -0.394 e. The second-order valence-corrected chi connectivity index (χ2v) is 14.8. The third-order valence-corrected chi connectivity index (χ3v) is 10.2. The molecule has 17 nitrogen and oxygen atoms in total. The van der Waals surface area contributed by atoms with Crippen molar-refractivity contribution < 1.29 is 35.1 Å².